The van der Waals surface area contributed by atoms with Gasteiger partial charge in [-0.15, -0.1) is 0 Å². The topological polar surface area (TPSA) is 108 Å². The number of nitrogens with one attached hydrogen (secondary N) is 1. The highest BCUT2D eigenvalue weighted by molar-refractivity contribution is 5.89. The van der Waals surface area contributed by atoms with E-state index in [9.17, 15) is 19.2 Å². The van der Waals surface area contributed by atoms with Crippen molar-refractivity contribution >= 4 is 23.8 Å². The minimum atomic E-state index is -0.664. The van der Waals surface area contributed by atoms with Gasteiger partial charge in [-0.25, -0.2) is 4.79 Å². The fourth-order valence-electron chi connectivity index (χ4n) is 2.45. The summed E-state index contributed by atoms with van der Waals surface area (Å²) in [7, 11) is 0. The zero-order valence-electron chi connectivity index (χ0n) is 21.6. The van der Waals surface area contributed by atoms with E-state index in [0.29, 0.717) is 12.0 Å². The van der Waals surface area contributed by atoms with E-state index in [2.05, 4.69) is 4.84 Å². The lowest BCUT2D eigenvalue weighted by atomic mass is 9.94. The second-order valence-electron chi connectivity index (χ2n) is 7.51. The van der Waals surface area contributed by atoms with Crippen LogP contribution >= 0.6 is 0 Å². The van der Waals surface area contributed by atoms with Crippen LogP contribution < -0.4 is 5.48 Å². The first-order chi connectivity index (χ1) is 15.5. The van der Waals surface area contributed by atoms with Crippen LogP contribution in [0.2, 0.25) is 0 Å². The van der Waals surface area contributed by atoms with E-state index in [1.807, 2.05) is 33.2 Å². The summed E-state index contributed by atoms with van der Waals surface area (Å²) in [6.07, 6.45) is 0.526. The number of hydroxylamine groups is 1. The maximum atomic E-state index is 12.6. The van der Waals surface area contributed by atoms with Gasteiger partial charge in [-0.05, 0) is 58.2 Å². The maximum Gasteiger partial charge on any atom is 0.338 e. The molecule has 0 spiro atoms. The molecule has 0 saturated carbocycles. The van der Waals surface area contributed by atoms with Crippen LogP contribution in [0.4, 0.5) is 0 Å². The number of ether oxygens (including phenoxy) is 2. The van der Waals surface area contributed by atoms with Crippen molar-refractivity contribution in [2.75, 3.05) is 6.61 Å². The minimum absolute atomic E-state index is 0.0158. The van der Waals surface area contributed by atoms with E-state index in [4.69, 9.17) is 9.47 Å². The van der Waals surface area contributed by atoms with E-state index in [1.165, 1.54) is 6.92 Å². The number of carbonyl (C=O) groups excluding carboxylic acids is 4. The van der Waals surface area contributed by atoms with Gasteiger partial charge in [0.05, 0.1) is 18.1 Å². The lowest BCUT2D eigenvalue weighted by Gasteiger charge is -2.24. The first-order valence-electron chi connectivity index (χ1n) is 11.5. The Morgan fingerprint density at radius 2 is 1.52 bits per heavy atom. The van der Waals surface area contributed by atoms with Crippen LogP contribution in [0.25, 0.3) is 0 Å². The highest BCUT2D eigenvalue weighted by Gasteiger charge is 2.26. The second kappa shape index (κ2) is 17.6. The quantitative estimate of drug-likeness (QED) is 0.333. The van der Waals surface area contributed by atoms with Crippen LogP contribution in [-0.2, 0) is 35.1 Å². The van der Waals surface area contributed by atoms with E-state index in [1.54, 1.807) is 52.0 Å². The van der Waals surface area contributed by atoms with Crippen LogP contribution in [0.3, 0.4) is 0 Å². The van der Waals surface area contributed by atoms with E-state index in [-0.39, 0.29) is 19.4 Å². The van der Waals surface area contributed by atoms with Crippen molar-refractivity contribution in [3.8, 4) is 0 Å². The molecule has 1 unspecified atom stereocenters. The van der Waals surface area contributed by atoms with E-state index >= 15 is 0 Å². The van der Waals surface area contributed by atoms with Crippen LogP contribution in [0.5, 0.6) is 0 Å². The molecule has 8 heteroatoms. The summed E-state index contributed by atoms with van der Waals surface area (Å²) in [5, 5.41) is 0. The van der Waals surface area contributed by atoms with Crippen LogP contribution in [0.1, 0.15) is 91.1 Å². The van der Waals surface area contributed by atoms with Crippen LogP contribution in [0.15, 0.2) is 24.3 Å². The maximum absolute atomic E-state index is 12.6. The van der Waals surface area contributed by atoms with Gasteiger partial charge in [-0.3, -0.25) is 14.4 Å². The number of rotatable bonds is 8. The summed E-state index contributed by atoms with van der Waals surface area (Å²) in [5.41, 5.74) is 2.60. The summed E-state index contributed by atoms with van der Waals surface area (Å²) in [4.78, 5) is 51.4. The molecular formula is C25H41NO7. The standard InChI is InChI=1S/C21H29NO7.2C2H6/c1-6-27-19(25)16-9-7-15(8-10-16)13-17(20(26)28-21(3,4)5)11-12-18(24)22-29-14(2)23;2*1-2/h7-10,17H,6,11-13H2,1-5H3,(H,22,24);2*1-2H3. The van der Waals surface area contributed by atoms with Crippen molar-refractivity contribution in [1.82, 2.24) is 5.48 Å². The third-order valence-corrected chi connectivity index (χ3v) is 3.72. The molecular weight excluding hydrogens is 426 g/mol. The summed E-state index contributed by atoms with van der Waals surface area (Å²) in [6, 6.07) is 6.74. The molecule has 0 heterocycles. The van der Waals surface area contributed by atoms with Crippen molar-refractivity contribution in [3.63, 3.8) is 0 Å². The summed E-state index contributed by atoms with van der Waals surface area (Å²) >= 11 is 0. The molecule has 1 atom stereocenters. The molecule has 188 valence electrons. The zero-order chi connectivity index (χ0) is 26.0. The summed E-state index contributed by atoms with van der Waals surface area (Å²) < 4.78 is 10.4. The van der Waals surface area contributed by atoms with Crippen LogP contribution in [-0.4, -0.2) is 36.0 Å². The van der Waals surface area contributed by atoms with Crippen molar-refractivity contribution in [2.45, 2.75) is 87.2 Å². The summed E-state index contributed by atoms with van der Waals surface area (Å²) in [5.74, 6) is -2.56. The molecule has 8 nitrogen and oxygen atoms in total. The Morgan fingerprint density at radius 1 is 0.970 bits per heavy atom. The molecule has 0 aromatic heterocycles. The molecule has 1 amide bonds. The van der Waals surface area contributed by atoms with Crippen molar-refractivity contribution < 1.29 is 33.5 Å². The molecule has 0 aliphatic rings. The number of hydrogen-bond acceptors (Lipinski definition) is 7. The molecule has 0 aliphatic heterocycles. The first-order valence-corrected chi connectivity index (χ1v) is 11.5. The number of hydrogen-bond donors (Lipinski definition) is 1. The van der Waals surface area contributed by atoms with E-state index < -0.39 is 35.3 Å². The molecule has 0 fully saturated rings. The zero-order valence-corrected chi connectivity index (χ0v) is 21.6. The molecule has 1 aromatic rings. The molecule has 1 aromatic carbocycles. The second-order valence-corrected chi connectivity index (χ2v) is 7.51. The lowest BCUT2D eigenvalue weighted by Crippen LogP contribution is -2.31. The van der Waals surface area contributed by atoms with Gasteiger partial charge < -0.3 is 14.3 Å². The normalized spacial score (nSPS) is 10.8. The SMILES string of the molecule is CC.CC.CCOC(=O)c1ccc(CC(CCC(=O)NOC(C)=O)C(=O)OC(C)(C)C)cc1. The predicted molar refractivity (Wildman–Crippen MR) is 127 cm³/mol. The molecule has 1 rings (SSSR count). The van der Waals surface area contributed by atoms with Gasteiger partial charge >= 0.3 is 17.9 Å². The Labute approximate surface area is 198 Å². The fraction of sp³-hybridized carbons (Fsp3) is 0.600. The largest absolute Gasteiger partial charge is 0.462 e. The van der Waals surface area contributed by atoms with E-state index in [0.717, 1.165) is 5.56 Å². The third-order valence-electron chi connectivity index (χ3n) is 3.72. The summed E-state index contributed by atoms with van der Waals surface area (Å²) in [6.45, 7) is 16.5. The van der Waals surface area contributed by atoms with Gasteiger partial charge in [0.2, 0.25) is 0 Å². The average Bonchev–Trinajstić information content (AvgIpc) is 2.77. The third kappa shape index (κ3) is 15.5. The minimum Gasteiger partial charge on any atom is -0.462 e. The number of esters is 2. The predicted octanol–water partition coefficient (Wildman–Crippen LogP) is 4.79. The van der Waals surface area contributed by atoms with Gasteiger partial charge in [-0.2, -0.15) is 5.48 Å². The Morgan fingerprint density at radius 3 is 1.97 bits per heavy atom. The first kappa shape index (κ1) is 32.3. The van der Waals surface area contributed by atoms with Gasteiger partial charge in [0.15, 0.2) is 0 Å². The molecule has 0 radical (unpaired) electrons. The fourth-order valence-corrected chi connectivity index (χ4v) is 2.45. The molecule has 33 heavy (non-hydrogen) atoms. The van der Waals surface area contributed by atoms with Crippen molar-refractivity contribution in [3.05, 3.63) is 35.4 Å². The Bertz CT molecular complexity index is 721. The van der Waals surface area contributed by atoms with Gasteiger partial charge in [-0.1, -0.05) is 39.8 Å². The monoisotopic (exact) mass is 467 g/mol. The lowest BCUT2D eigenvalue weighted by molar-refractivity contribution is -0.161. The molecule has 0 aliphatic carbocycles. The Kier molecular flexibility index (Phi) is 17.2. The number of benzene rings is 1. The van der Waals surface area contributed by atoms with Gasteiger partial charge in [0.1, 0.15) is 5.60 Å². The van der Waals surface area contributed by atoms with Crippen molar-refractivity contribution in [2.24, 2.45) is 5.92 Å². The Hall–Kier alpha value is -2.90. The highest BCUT2D eigenvalue weighted by Crippen LogP contribution is 2.20. The average molecular weight is 468 g/mol. The van der Waals surface area contributed by atoms with Crippen molar-refractivity contribution in [1.29, 1.82) is 0 Å². The smallest absolute Gasteiger partial charge is 0.338 e. The van der Waals surface area contributed by atoms with Gasteiger partial charge in [0, 0.05) is 13.3 Å². The molecule has 1 N–H and O–H groups in total. The number of carbonyl (C=O) groups is 4. The number of amides is 1. The van der Waals surface area contributed by atoms with Gasteiger partial charge in [0.25, 0.3) is 5.91 Å². The van der Waals surface area contributed by atoms with Crippen LogP contribution in [0, 0.1) is 5.92 Å². The molecule has 0 saturated heterocycles. The highest BCUT2D eigenvalue weighted by atomic mass is 16.7. The molecule has 0 bridgehead atoms. The Balaban J connectivity index is 0.